The molecule has 2 aliphatic carbocycles. The van der Waals surface area contributed by atoms with Gasteiger partial charge in [0.1, 0.15) is 6.61 Å². The molecule has 142 valence electrons. The topological polar surface area (TPSA) is 65.5 Å². The van der Waals surface area contributed by atoms with Gasteiger partial charge in [-0.1, -0.05) is 24.6 Å². The highest BCUT2D eigenvalue weighted by atomic mass is 16.5. The van der Waals surface area contributed by atoms with Crippen molar-refractivity contribution in [3.63, 3.8) is 0 Å². The summed E-state index contributed by atoms with van der Waals surface area (Å²) in [6.45, 7) is 1.87. The van der Waals surface area contributed by atoms with Crippen molar-refractivity contribution in [1.82, 2.24) is 4.98 Å². The summed E-state index contributed by atoms with van der Waals surface area (Å²) < 4.78 is 10.5. The second-order valence-electron chi connectivity index (χ2n) is 7.87. The maximum absolute atomic E-state index is 12.4. The zero-order valence-electron chi connectivity index (χ0n) is 15.9. The Morgan fingerprint density at radius 3 is 2.70 bits per heavy atom. The summed E-state index contributed by atoms with van der Waals surface area (Å²) >= 11 is 0. The number of para-hydroxylation sites is 1. The van der Waals surface area contributed by atoms with Gasteiger partial charge >= 0.3 is 11.9 Å². The van der Waals surface area contributed by atoms with Gasteiger partial charge in [0, 0.05) is 11.8 Å². The van der Waals surface area contributed by atoms with Gasteiger partial charge in [0.2, 0.25) is 0 Å². The minimum absolute atomic E-state index is 0.00421. The first-order chi connectivity index (χ1) is 13.1. The lowest BCUT2D eigenvalue weighted by Gasteiger charge is -2.20. The number of methoxy groups -OCH3 is 1. The first kappa shape index (κ1) is 18.0. The molecule has 1 aromatic carbocycles. The van der Waals surface area contributed by atoms with E-state index in [-0.39, 0.29) is 12.6 Å². The van der Waals surface area contributed by atoms with Crippen LogP contribution >= 0.6 is 0 Å². The molecule has 0 saturated heterocycles. The number of esters is 2. The molecule has 2 bridgehead atoms. The molecule has 0 amide bonds. The van der Waals surface area contributed by atoms with E-state index in [4.69, 9.17) is 9.47 Å². The molecule has 1 heterocycles. The fourth-order valence-electron chi connectivity index (χ4n) is 4.97. The zero-order chi connectivity index (χ0) is 19.0. The average Bonchev–Trinajstić information content (AvgIpc) is 3.29. The highest BCUT2D eigenvalue weighted by Crippen LogP contribution is 2.49. The molecule has 27 heavy (non-hydrogen) atoms. The number of fused-ring (bicyclic) bond motifs is 3. The third kappa shape index (κ3) is 3.43. The van der Waals surface area contributed by atoms with Crippen LogP contribution in [0, 0.1) is 24.7 Å². The standard InChI is InChI=1S/C22H25NO4/c1-13-17-5-3-4-6-18(17)23-19(21(13)22(25)26-2)12-27-20(24)11-16-10-14-7-8-15(16)9-14/h3-6,14-16H,7-12H2,1-2H3/t14-,15-,16-/m1/s1. The molecule has 4 rings (SSSR count). The van der Waals surface area contributed by atoms with Gasteiger partial charge in [0.25, 0.3) is 0 Å². The predicted octanol–water partition coefficient (Wildman–Crippen LogP) is 4.20. The van der Waals surface area contributed by atoms with E-state index >= 15 is 0 Å². The van der Waals surface area contributed by atoms with Crippen LogP contribution in [0.5, 0.6) is 0 Å². The summed E-state index contributed by atoms with van der Waals surface area (Å²) in [5.41, 5.74) is 2.43. The smallest absolute Gasteiger partial charge is 0.340 e. The molecule has 0 radical (unpaired) electrons. The van der Waals surface area contributed by atoms with E-state index in [1.165, 1.54) is 26.4 Å². The fourth-order valence-corrected chi connectivity index (χ4v) is 4.97. The van der Waals surface area contributed by atoms with Crippen LogP contribution in [0.15, 0.2) is 24.3 Å². The average molecular weight is 367 g/mol. The molecule has 2 fully saturated rings. The van der Waals surface area contributed by atoms with Gasteiger partial charge < -0.3 is 9.47 Å². The van der Waals surface area contributed by atoms with Crippen molar-refractivity contribution in [2.75, 3.05) is 7.11 Å². The van der Waals surface area contributed by atoms with Crippen LogP contribution in [0.2, 0.25) is 0 Å². The van der Waals surface area contributed by atoms with Crippen molar-refractivity contribution in [1.29, 1.82) is 0 Å². The Balaban J connectivity index is 1.52. The molecule has 3 atom stereocenters. The van der Waals surface area contributed by atoms with Crippen LogP contribution in [-0.4, -0.2) is 24.0 Å². The van der Waals surface area contributed by atoms with Crippen molar-refractivity contribution in [3.8, 4) is 0 Å². The van der Waals surface area contributed by atoms with E-state index in [1.54, 1.807) is 0 Å². The third-order valence-corrected chi connectivity index (χ3v) is 6.30. The molecule has 2 aromatic rings. The summed E-state index contributed by atoms with van der Waals surface area (Å²) in [5.74, 6) is 1.31. The Bertz CT molecular complexity index is 891. The van der Waals surface area contributed by atoms with Crippen LogP contribution in [-0.2, 0) is 20.9 Å². The largest absolute Gasteiger partial charge is 0.465 e. The highest BCUT2D eigenvalue weighted by molar-refractivity contribution is 5.98. The van der Waals surface area contributed by atoms with Crippen LogP contribution in [0.25, 0.3) is 10.9 Å². The number of carbonyl (C=O) groups is 2. The van der Waals surface area contributed by atoms with Crippen LogP contribution in [0.1, 0.15) is 53.7 Å². The van der Waals surface area contributed by atoms with Crippen molar-refractivity contribution in [2.45, 2.75) is 45.6 Å². The first-order valence-corrected chi connectivity index (χ1v) is 9.69. The normalized spacial score (nSPS) is 23.6. The molecule has 0 aliphatic heterocycles. The van der Waals surface area contributed by atoms with E-state index in [1.807, 2.05) is 31.2 Å². The van der Waals surface area contributed by atoms with E-state index in [9.17, 15) is 9.59 Å². The van der Waals surface area contributed by atoms with Crippen LogP contribution in [0.3, 0.4) is 0 Å². The Morgan fingerprint density at radius 2 is 2.00 bits per heavy atom. The molecule has 1 aromatic heterocycles. The molecule has 0 N–H and O–H groups in total. The first-order valence-electron chi connectivity index (χ1n) is 9.69. The van der Waals surface area contributed by atoms with Gasteiger partial charge in [-0.25, -0.2) is 9.78 Å². The number of hydrogen-bond acceptors (Lipinski definition) is 5. The number of ether oxygens (including phenoxy) is 2. The van der Waals surface area contributed by atoms with Gasteiger partial charge in [-0.15, -0.1) is 0 Å². The molecule has 0 spiro atoms. The second kappa shape index (κ2) is 7.29. The second-order valence-corrected chi connectivity index (χ2v) is 7.87. The van der Waals surface area contributed by atoms with Crippen molar-refractivity contribution in [2.24, 2.45) is 17.8 Å². The van der Waals surface area contributed by atoms with Gasteiger partial charge in [0.05, 0.1) is 23.9 Å². The van der Waals surface area contributed by atoms with Crippen LogP contribution < -0.4 is 0 Å². The summed E-state index contributed by atoms with van der Waals surface area (Å²) in [4.78, 5) is 29.3. The molecular weight excluding hydrogens is 342 g/mol. The number of nitrogens with zero attached hydrogens (tertiary/aromatic N) is 1. The fraction of sp³-hybridized carbons (Fsp3) is 0.500. The maximum Gasteiger partial charge on any atom is 0.340 e. The summed E-state index contributed by atoms with van der Waals surface area (Å²) in [7, 11) is 1.35. The van der Waals surface area contributed by atoms with E-state index in [0.29, 0.717) is 29.5 Å². The third-order valence-electron chi connectivity index (χ3n) is 6.30. The lowest BCUT2D eigenvalue weighted by atomic mass is 9.86. The SMILES string of the molecule is COC(=O)c1c(COC(=O)C[C@H]2C[C@@H]3CC[C@@H]2C3)nc2ccccc2c1C. The van der Waals surface area contributed by atoms with Crippen molar-refractivity contribution < 1.29 is 19.1 Å². The van der Waals surface area contributed by atoms with E-state index in [0.717, 1.165) is 28.8 Å². The Morgan fingerprint density at radius 1 is 1.19 bits per heavy atom. The van der Waals surface area contributed by atoms with Crippen molar-refractivity contribution >= 4 is 22.8 Å². The van der Waals surface area contributed by atoms with Gasteiger partial charge in [-0.05, 0) is 55.6 Å². The highest BCUT2D eigenvalue weighted by Gasteiger charge is 2.40. The molecule has 0 unspecified atom stereocenters. The molecule has 2 saturated carbocycles. The lowest BCUT2D eigenvalue weighted by molar-refractivity contribution is -0.146. The number of hydrogen-bond donors (Lipinski definition) is 0. The van der Waals surface area contributed by atoms with Crippen LogP contribution in [0.4, 0.5) is 0 Å². The minimum Gasteiger partial charge on any atom is -0.465 e. The Labute approximate surface area is 159 Å². The maximum atomic E-state index is 12.4. The quantitative estimate of drug-likeness (QED) is 0.741. The monoisotopic (exact) mass is 367 g/mol. The summed E-state index contributed by atoms with van der Waals surface area (Å²) in [6.07, 6.45) is 5.47. The number of pyridine rings is 1. The predicted molar refractivity (Wildman–Crippen MR) is 101 cm³/mol. The number of aryl methyl sites for hydroxylation is 1. The van der Waals surface area contributed by atoms with Crippen molar-refractivity contribution in [3.05, 3.63) is 41.1 Å². The molecule has 2 aliphatic rings. The zero-order valence-corrected chi connectivity index (χ0v) is 15.9. The summed E-state index contributed by atoms with van der Waals surface area (Å²) in [6, 6.07) is 7.63. The number of carbonyl (C=O) groups excluding carboxylic acids is 2. The molecule has 5 heteroatoms. The number of benzene rings is 1. The molecular formula is C22H25NO4. The minimum atomic E-state index is -0.454. The number of rotatable bonds is 5. The Hall–Kier alpha value is -2.43. The van der Waals surface area contributed by atoms with E-state index < -0.39 is 5.97 Å². The number of aromatic nitrogens is 1. The lowest BCUT2D eigenvalue weighted by Crippen LogP contribution is -2.18. The van der Waals surface area contributed by atoms with Gasteiger partial charge in [-0.2, -0.15) is 0 Å². The van der Waals surface area contributed by atoms with Gasteiger partial charge in [-0.3, -0.25) is 4.79 Å². The van der Waals surface area contributed by atoms with E-state index in [2.05, 4.69) is 4.98 Å². The molecule has 5 nitrogen and oxygen atoms in total. The summed E-state index contributed by atoms with van der Waals surface area (Å²) in [5, 5.41) is 0.898. The van der Waals surface area contributed by atoms with Gasteiger partial charge in [0.15, 0.2) is 0 Å². The Kier molecular flexibility index (Phi) is 4.85.